The van der Waals surface area contributed by atoms with Crippen LogP contribution in [0.3, 0.4) is 0 Å². The molecule has 6 nitrogen and oxygen atoms in total. The van der Waals surface area contributed by atoms with Gasteiger partial charge in [0.25, 0.3) is 5.89 Å². The minimum atomic E-state index is -0.252. The Labute approximate surface area is 117 Å². The third-order valence-corrected chi connectivity index (χ3v) is 2.97. The number of aromatic hydroxyl groups is 1. The molecule has 20 heavy (non-hydrogen) atoms. The number of aromatic amines is 1. The van der Waals surface area contributed by atoms with Crippen molar-refractivity contribution in [2.75, 3.05) is 0 Å². The lowest BCUT2D eigenvalue weighted by Crippen LogP contribution is -2.02. The SMILES string of the molecule is O=c1cc(-c2noc(-c3ccc(Cl)c(O)c3)n2)cc[nH]1. The van der Waals surface area contributed by atoms with Crippen LogP contribution < -0.4 is 5.56 Å². The van der Waals surface area contributed by atoms with Crippen molar-refractivity contribution < 1.29 is 9.63 Å². The Morgan fingerprint density at radius 3 is 2.80 bits per heavy atom. The molecule has 0 aliphatic carbocycles. The molecule has 2 heterocycles. The first-order valence-corrected chi connectivity index (χ1v) is 6.03. The van der Waals surface area contributed by atoms with Gasteiger partial charge in [-0.25, -0.2) is 0 Å². The van der Waals surface area contributed by atoms with E-state index in [0.717, 1.165) is 0 Å². The summed E-state index contributed by atoms with van der Waals surface area (Å²) in [4.78, 5) is 17.9. The summed E-state index contributed by atoms with van der Waals surface area (Å²) in [7, 11) is 0. The van der Waals surface area contributed by atoms with Crippen LogP contribution in [0, 0.1) is 0 Å². The second-order valence-electron chi connectivity index (χ2n) is 4.03. The average molecular weight is 290 g/mol. The van der Waals surface area contributed by atoms with Crippen molar-refractivity contribution in [3.63, 3.8) is 0 Å². The first-order valence-electron chi connectivity index (χ1n) is 5.65. The Kier molecular flexibility index (Phi) is 3.00. The fourth-order valence-electron chi connectivity index (χ4n) is 1.69. The highest BCUT2D eigenvalue weighted by Gasteiger charge is 2.12. The molecule has 0 spiro atoms. The molecule has 0 bridgehead atoms. The van der Waals surface area contributed by atoms with Gasteiger partial charge in [0.05, 0.1) is 5.02 Å². The van der Waals surface area contributed by atoms with Crippen LogP contribution in [0.5, 0.6) is 5.75 Å². The van der Waals surface area contributed by atoms with Gasteiger partial charge < -0.3 is 14.6 Å². The summed E-state index contributed by atoms with van der Waals surface area (Å²) in [6.45, 7) is 0. The molecule has 0 amide bonds. The van der Waals surface area contributed by atoms with E-state index in [2.05, 4.69) is 15.1 Å². The number of H-pyrrole nitrogens is 1. The summed E-state index contributed by atoms with van der Waals surface area (Å²) < 4.78 is 5.11. The summed E-state index contributed by atoms with van der Waals surface area (Å²) in [6, 6.07) is 7.64. The number of rotatable bonds is 2. The van der Waals surface area contributed by atoms with Crippen LogP contribution in [0.2, 0.25) is 5.02 Å². The van der Waals surface area contributed by atoms with Gasteiger partial charge in [-0.15, -0.1) is 0 Å². The molecule has 7 heteroatoms. The summed E-state index contributed by atoms with van der Waals surface area (Å²) in [6.07, 6.45) is 1.50. The maximum Gasteiger partial charge on any atom is 0.258 e. The predicted molar refractivity (Wildman–Crippen MR) is 72.5 cm³/mol. The number of halogens is 1. The Balaban J connectivity index is 2.01. The molecular weight excluding hydrogens is 282 g/mol. The van der Waals surface area contributed by atoms with E-state index < -0.39 is 0 Å². The van der Waals surface area contributed by atoms with Gasteiger partial charge in [-0.3, -0.25) is 4.79 Å². The molecule has 100 valence electrons. The normalized spacial score (nSPS) is 10.7. The second-order valence-corrected chi connectivity index (χ2v) is 4.44. The molecule has 0 unspecified atom stereocenters. The van der Waals surface area contributed by atoms with E-state index in [4.69, 9.17) is 16.1 Å². The molecule has 0 radical (unpaired) electrons. The van der Waals surface area contributed by atoms with Crippen LogP contribution >= 0.6 is 11.6 Å². The van der Waals surface area contributed by atoms with Gasteiger partial charge in [-0.2, -0.15) is 4.98 Å². The topological polar surface area (TPSA) is 92.0 Å². The standard InChI is InChI=1S/C13H8ClN3O3/c14-9-2-1-8(5-10(9)18)13-16-12(17-20-13)7-3-4-15-11(19)6-7/h1-6,18H,(H,15,19). The summed E-state index contributed by atoms with van der Waals surface area (Å²) in [5.41, 5.74) is 0.829. The Hall–Kier alpha value is -2.60. The molecule has 2 aromatic heterocycles. The quantitative estimate of drug-likeness (QED) is 0.756. The number of phenols is 1. The maximum atomic E-state index is 11.2. The number of benzene rings is 1. The lowest BCUT2D eigenvalue weighted by molar-refractivity contribution is 0.431. The highest BCUT2D eigenvalue weighted by molar-refractivity contribution is 6.32. The molecule has 0 saturated heterocycles. The molecule has 0 aliphatic rings. The lowest BCUT2D eigenvalue weighted by atomic mass is 10.2. The second kappa shape index (κ2) is 4.82. The van der Waals surface area contributed by atoms with Gasteiger partial charge in [-0.05, 0) is 24.3 Å². The highest BCUT2D eigenvalue weighted by Crippen LogP contribution is 2.29. The number of phenolic OH excluding ortho intramolecular Hbond substituents is 1. The molecule has 0 atom stereocenters. The van der Waals surface area contributed by atoms with E-state index in [1.807, 2.05) is 0 Å². The number of nitrogens with one attached hydrogen (secondary N) is 1. The zero-order valence-corrected chi connectivity index (χ0v) is 10.8. The van der Waals surface area contributed by atoms with Crippen LogP contribution in [0.4, 0.5) is 0 Å². The van der Waals surface area contributed by atoms with Gasteiger partial charge in [0.15, 0.2) is 0 Å². The largest absolute Gasteiger partial charge is 0.506 e. The number of pyridine rings is 1. The maximum absolute atomic E-state index is 11.2. The van der Waals surface area contributed by atoms with Crippen molar-refractivity contribution in [3.8, 4) is 28.6 Å². The van der Waals surface area contributed by atoms with Crippen molar-refractivity contribution >= 4 is 11.6 Å². The number of aromatic nitrogens is 3. The van der Waals surface area contributed by atoms with Gasteiger partial charge in [0.1, 0.15) is 5.75 Å². The third-order valence-electron chi connectivity index (χ3n) is 2.65. The lowest BCUT2D eigenvalue weighted by Gasteiger charge is -1.97. The van der Waals surface area contributed by atoms with Crippen LogP contribution in [-0.2, 0) is 0 Å². The van der Waals surface area contributed by atoms with Gasteiger partial charge in [-0.1, -0.05) is 16.8 Å². The minimum Gasteiger partial charge on any atom is -0.506 e. The average Bonchev–Trinajstić information content (AvgIpc) is 2.92. The fourth-order valence-corrected chi connectivity index (χ4v) is 1.80. The van der Waals surface area contributed by atoms with Gasteiger partial charge in [0, 0.05) is 23.4 Å². The Bertz CT molecular complexity index is 825. The molecular formula is C13H8ClN3O3. The van der Waals surface area contributed by atoms with Crippen LogP contribution in [0.15, 0.2) is 45.8 Å². The van der Waals surface area contributed by atoms with E-state index in [1.54, 1.807) is 12.1 Å². The van der Waals surface area contributed by atoms with Crippen molar-refractivity contribution in [1.82, 2.24) is 15.1 Å². The van der Waals surface area contributed by atoms with Crippen molar-refractivity contribution in [2.24, 2.45) is 0 Å². The smallest absolute Gasteiger partial charge is 0.258 e. The molecule has 0 fully saturated rings. The van der Waals surface area contributed by atoms with E-state index in [9.17, 15) is 9.90 Å². The first kappa shape index (κ1) is 12.4. The van der Waals surface area contributed by atoms with E-state index >= 15 is 0 Å². The predicted octanol–water partition coefficient (Wildman–Crippen LogP) is 2.45. The molecule has 0 saturated carbocycles. The first-order chi connectivity index (χ1) is 9.63. The number of hydrogen-bond donors (Lipinski definition) is 2. The third kappa shape index (κ3) is 2.28. The monoisotopic (exact) mass is 289 g/mol. The molecule has 0 aliphatic heterocycles. The highest BCUT2D eigenvalue weighted by atomic mass is 35.5. The van der Waals surface area contributed by atoms with E-state index in [0.29, 0.717) is 17.0 Å². The van der Waals surface area contributed by atoms with Crippen LogP contribution in [-0.4, -0.2) is 20.2 Å². The minimum absolute atomic E-state index is 0.0694. The van der Waals surface area contributed by atoms with E-state index in [1.165, 1.54) is 24.4 Å². The number of nitrogens with zero attached hydrogens (tertiary/aromatic N) is 2. The molecule has 3 rings (SSSR count). The Morgan fingerprint density at radius 2 is 2.05 bits per heavy atom. The molecule has 3 aromatic rings. The van der Waals surface area contributed by atoms with Crippen LogP contribution in [0.1, 0.15) is 0 Å². The summed E-state index contributed by atoms with van der Waals surface area (Å²) in [5.74, 6) is 0.452. The molecule has 1 aromatic carbocycles. The number of hydrogen-bond acceptors (Lipinski definition) is 5. The van der Waals surface area contributed by atoms with Gasteiger partial charge in [0.2, 0.25) is 11.4 Å². The zero-order valence-electron chi connectivity index (χ0n) is 10.0. The van der Waals surface area contributed by atoms with Crippen molar-refractivity contribution in [2.45, 2.75) is 0 Å². The van der Waals surface area contributed by atoms with Crippen molar-refractivity contribution in [3.05, 3.63) is 51.9 Å². The fraction of sp³-hybridized carbons (Fsp3) is 0. The molecule has 2 N–H and O–H groups in total. The zero-order chi connectivity index (χ0) is 14.1. The van der Waals surface area contributed by atoms with Gasteiger partial charge >= 0.3 is 0 Å². The van der Waals surface area contributed by atoms with Crippen LogP contribution in [0.25, 0.3) is 22.8 Å². The summed E-state index contributed by atoms with van der Waals surface area (Å²) in [5, 5.41) is 13.6. The van der Waals surface area contributed by atoms with Crippen molar-refractivity contribution in [1.29, 1.82) is 0 Å². The van der Waals surface area contributed by atoms with E-state index in [-0.39, 0.29) is 22.2 Å². The summed E-state index contributed by atoms with van der Waals surface area (Å²) >= 11 is 5.73. The Morgan fingerprint density at radius 1 is 1.20 bits per heavy atom.